The third-order valence-electron chi connectivity index (χ3n) is 2.58. The molecule has 0 spiro atoms. The van der Waals surface area contributed by atoms with E-state index in [2.05, 4.69) is 6.58 Å². The minimum Gasteiger partial charge on any atom is -0.463 e. The first-order valence-electron chi connectivity index (χ1n) is 6.31. The van der Waals surface area contributed by atoms with Gasteiger partial charge in [0.05, 0.1) is 11.5 Å². The van der Waals surface area contributed by atoms with Crippen molar-refractivity contribution in [3.8, 4) is 0 Å². The van der Waals surface area contributed by atoms with Crippen molar-refractivity contribution in [2.24, 2.45) is 0 Å². The van der Waals surface area contributed by atoms with Gasteiger partial charge >= 0.3 is 5.97 Å². The molecule has 106 valence electrons. The lowest BCUT2D eigenvalue weighted by Crippen LogP contribution is -2.07. The van der Waals surface area contributed by atoms with E-state index in [4.69, 9.17) is 4.74 Å². The van der Waals surface area contributed by atoms with Crippen molar-refractivity contribution in [2.75, 3.05) is 6.61 Å². The zero-order valence-corrected chi connectivity index (χ0v) is 11.4. The van der Waals surface area contributed by atoms with E-state index in [0.717, 1.165) is 0 Å². The smallest absolute Gasteiger partial charge is 0.334 e. The molecule has 0 radical (unpaired) electrons. The van der Waals surface area contributed by atoms with Crippen LogP contribution in [0.1, 0.15) is 25.3 Å². The lowest BCUT2D eigenvalue weighted by atomic mass is 10.1. The minimum absolute atomic E-state index is 0.00863. The number of carbonyl (C=O) groups excluding carboxylic acids is 1. The number of nitrogens with zero attached hydrogens (tertiary/aromatic N) is 1. The normalized spacial score (nSPS) is 10.9. The van der Waals surface area contributed by atoms with E-state index in [-0.39, 0.29) is 5.69 Å². The first-order valence-corrected chi connectivity index (χ1v) is 6.31. The van der Waals surface area contributed by atoms with Crippen LogP contribution < -0.4 is 0 Å². The Morgan fingerprint density at radius 3 is 2.85 bits per heavy atom. The Hall–Kier alpha value is -2.43. The molecule has 0 fully saturated rings. The summed E-state index contributed by atoms with van der Waals surface area (Å²) in [5.41, 5.74) is 1.07. The monoisotopic (exact) mass is 275 g/mol. The van der Waals surface area contributed by atoms with Gasteiger partial charge in [-0.05, 0) is 31.4 Å². The first-order chi connectivity index (χ1) is 9.58. The molecule has 0 bridgehead atoms. The summed E-state index contributed by atoms with van der Waals surface area (Å²) in [5.74, 6) is -0.402. The van der Waals surface area contributed by atoms with Gasteiger partial charge in [0.1, 0.15) is 0 Å². The number of hydrogen-bond acceptors (Lipinski definition) is 4. The van der Waals surface area contributed by atoms with Gasteiger partial charge in [0.2, 0.25) is 0 Å². The summed E-state index contributed by atoms with van der Waals surface area (Å²) in [4.78, 5) is 22.1. The number of ether oxygens (including phenoxy) is 1. The molecule has 0 N–H and O–H groups in total. The third-order valence-corrected chi connectivity index (χ3v) is 2.58. The molecule has 20 heavy (non-hydrogen) atoms. The second-order valence-electron chi connectivity index (χ2n) is 4.07. The Morgan fingerprint density at radius 2 is 2.25 bits per heavy atom. The molecule has 0 amide bonds. The van der Waals surface area contributed by atoms with Crippen LogP contribution in [0.5, 0.6) is 0 Å². The van der Waals surface area contributed by atoms with E-state index in [0.29, 0.717) is 30.6 Å². The fraction of sp³-hybridized carbons (Fsp3) is 0.267. The number of non-ortho nitro benzene ring substituents is 1. The van der Waals surface area contributed by atoms with Gasteiger partial charge in [-0.25, -0.2) is 4.79 Å². The topological polar surface area (TPSA) is 69.4 Å². The van der Waals surface area contributed by atoms with Gasteiger partial charge in [0.15, 0.2) is 0 Å². The fourth-order valence-corrected chi connectivity index (χ4v) is 1.64. The molecule has 1 rings (SSSR count). The van der Waals surface area contributed by atoms with Crippen LogP contribution in [0.4, 0.5) is 5.69 Å². The molecule has 0 atom stereocenters. The summed E-state index contributed by atoms with van der Waals surface area (Å²) in [6.07, 6.45) is 4.46. The van der Waals surface area contributed by atoms with Gasteiger partial charge < -0.3 is 4.74 Å². The van der Waals surface area contributed by atoms with Crippen molar-refractivity contribution in [3.63, 3.8) is 0 Å². The summed E-state index contributed by atoms with van der Waals surface area (Å²) in [6, 6.07) is 6.12. The van der Waals surface area contributed by atoms with E-state index >= 15 is 0 Å². The second kappa shape index (κ2) is 7.89. The van der Waals surface area contributed by atoms with Crippen molar-refractivity contribution in [1.82, 2.24) is 0 Å². The molecule has 1 aromatic rings. The van der Waals surface area contributed by atoms with E-state index in [1.807, 2.05) is 0 Å². The first kappa shape index (κ1) is 15.6. The Bertz CT molecular complexity index is 534. The average Bonchev–Trinajstić information content (AvgIpc) is 2.44. The van der Waals surface area contributed by atoms with Crippen LogP contribution in [0.15, 0.2) is 42.5 Å². The van der Waals surface area contributed by atoms with E-state index in [9.17, 15) is 14.9 Å². The van der Waals surface area contributed by atoms with Crippen LogP contribution in [0.3, 0.4) is 0 Å². The number of allylic oxidation sites excluding steroid dienone is 1. The molecule has 0 aliphatic rings. The molecular weight excluding hydrogens is 258 g/mol. The Balaban J connectivity index is 3.04. The molecule has 1 aromatic carbocycles. The Labute approximate surface area is 117 Å². The zero-order chi connectivity index (χ0) is 15.0. The van der Waals surface area contributed by atoms with Gasteiger partial charge in [-0.2, -0.15) is 0 Å². The molecule has 0 heterocycles. The van der Waals surface area contributed by atoms with Crippen LogP contribution in [0.2, 0.25) is 0 Å². The number of nitro benzene ring substituents is 1. The van der Waals surface area contributed by atoms with Crippen LogP contribution >= 0.6 is 0 Å². The quantitative estimate of drug-likeness (QED) is 0.251. The summed E-state index contributed by atoms with van der Waals surface area (Å²) in [7, 11) is 0. The zero-order valence-electron chi connectivity index (χ0n) is 11.4. The molecule has 5 nitrogen and oxygen atoms in total. The highest BCUT2D eigenvalue weighted by atomic mass is 16.6. The predicted octanol–water partition coefficient (Wildman–Crippen LogP) is 3.51. The van der Waals surface area contributed by atoms with Crippen LogP contribution in [-0.2, 0) is 9.53 Å². The van der Waals surface area contributed by atoms with E-state index in [1.165, 1.54) is 12.1 Å². The van der Waals surface area contributed by atoms with Crippen molar-refractivity contribution >= 4 is 17.7 Å². The number of esters is 1. The van der Waals surface area contributed by atoms with Gasteiger partial charge in [0, 0.05) is 17.7 Å². The molecule has 0 aromatic heterocycles. The molecule has 0 aliphatic carbocycles. The molecule has 0 saturated carbocycles. The lowest BCUT2D eigenvalue weighted by molar-refractivity contribution is -0.384. The summed E-state index contributed by atoms with van der Waals surface area (Å²) < 4.78 is 4.98. The van der Waals surface area contributed by atoms with Gasteiger partial charge in [0.25, 0.3) is 5.69 Å². The maximum atomic E-state index is 11.8. The fourth-order valence-electron chi connectivity index (χ4n) is 1.64. The highest BCUT2D eigenvalue weighted by Gasteiger charge is 2.11. The predicted molar refractivity (Wildman–Crippen MR) is 77.1 cm³/mol. The molecule has 5 heteroatoms. The summed E-state index contributed by atoms with van der Waals surface area (Å²) >= 11 is 0. The van der Waals surface area contributed by atoms with Crippen molar-refractivity contribution in [2.45, 2.75) is 19.8 Å². The molecule has 0 unspecified atom stereocenters. The van der Waals surface area contributed by atoms with E-state index in [1.54, 1.807) is 31.2 Å². The Morgan fingerprint density at radius 1 is 1.50 bits per heavy atom. The summed E-state index contributed by atoms with van der Waals surface area (Å²) in [6.45, 7) is 5.64. The highest BCUT2D eigenvalue weighted by Crippen LogP contribution is 2.18. The average molecular weight is 275 g/mol. The minimum atomic E-state index is -0.467. The second-order valence-corrected chi connectivity index (χ2v) is 4.07. The molecule has 0 aliphatic heterocycles. The maximum Gasteiger partial charge on any atom is 0.334 e. The third kappa shape index (κ3) is 4.68. The number of hydrogen-bond donors (Lipinski definition) is 0. The van der Waals surface area contributed by atoms with Crippen LogP contribution in [-0.4, -0.2) is 17.5 Å². The van der Waals surface area contributed by atoms with Crippen molar-refractivity contribution in [1.29, 1.82) is 0 Å². The highest BCUT2D eigenvalue weighted by molar-refractivity contribution is 5.93. The number of rotatable bonds is 7. The van der Waals surface area contributed by atoms with Gasteiger partial charge in [-0.1, -0.05) is 18.2 Å². The number of nitro groups is 1. The van der Waals surface area contributed by atoms with Crippen LogP contribution in [0.25, 0.3) is 6.08 Å². The van der Waals surface area contributed by atoms with Crippen molar-refractivity contribution < 1.29 is 14.5 Å². The van der Waals surface area contributed by atoms with E-state index < -0.39 is 10.9 Å². The van der Waals surface area contributed by atoms with Crippen molar-refractivity contribution in [3.05, 3.63) is 58.2 Å². The molecule has 0 saturated heterocycles. The molecular formula is C15H17NO4. The lowest BCUT2D eigenvalue weighted by Gasteiger charge is -2.06. The summed E-state index contributed by atoms with van der Waals surface area (Å²) in [5, 5.41) is 10.7. The SMILES string of the molecule is C=CCC/C(=C\c1cccc([N+](=O)[O-])c1)C(=O)OCC. The standard InChI is InChI=1S/C15H17NO4/c1-3-5-8-13(15(17)20-4-2)10-12-7-6-9-14(11-12)16(18)19/h3,6-7,9-11H,1,4-5,8H2,2H3/b13-10+. The van der Waals surface area contributed by atoms with Crippen LogP contribution in [0, 0.1) is 10.1 Å². The number of benzene rings is 1. The van der Waals surface area contributed by atoms with Gasteiger partial charge in [-0.15, -0.1) is 6.58 Å². The maximum absolute atomic E-state index is 11.8. The largest absolute Gasteiger partial charge is 0.463 e. The Kier molecular flexibility index (Phi) is 6.16. The number of carbonyl (C=O) groups is 1. The van der Waals surface area contributed by atoms with Gasteiger partial charge in [-0.3, -0.25) is 10.1 Å².